The van der Waals surface area contributed by atoms with Gasteiger partial charge in [-0.05, 0) is 31.0 Å². The van der Waals surface area contributed by atoms with Crippen molar-refractivity contribution in [3.63, 3.8) is 0 Å². The molecule has 0 saturated carbocycles. The number of amides is 2. The van der Waals surface area contributed by atoms with E-state index in [-0.39, 0.29) is 5.91 Å². The van der Waals surface area contributed by atoms with Crippen molar-refractivity contribution >= 4 is 35.2 Å². The standard InChI is InChI=1S/C22H22N2O4S/c1-15(20(26)23-17-10-6-3-7-11-17)28-21(27)18-14-29-22(13-12-19(25)24(18)22)16-8-4-2-5-9-16/h2-11,15,18H,12-14H2,1H3,(H,23,26)/t15-,18-,22-/m1/s1. The van der Waals surface area contributed by atoms with E-state index in [9.17, 15) is 14.4 Å². The van der Waals surface area contributed by atoms with Crippen molar-refractivity contribution in [3.8, 4) is 0 Å². The van der Waals surface area contributed by atoms with Gasteiger partial charge in [0.25, 0.3) is 5.91 Å². The van der Waals surface area contributed by atoms with Crippen molar-refractivity contribution in [2.75, 3.05) is 11.1 Å². The third-order valence-corrected chi connectivity index (χ3v) is 6.92. The first-order valence-corrected chi connectivity index (χ1v) is 10.6. The summed E-state index contributed by atoms with van der Waals surface area (Å²) in [4.78, 5) is 39.0. The molecule has 150 valence electrons. The van der Waals surface area contributed by atoms with Crippen molar-refractivity contribution in [1.82, 2.24) is 4.90 Å². The van der Waals surface area contributed by atoms with Crippen LogP contribution in [0, 0.1) is 0 Å². The lowest BCUT2D eigenvalue weighted by atomic mass is 10.0. The Bertz CT molecular complexity index is 921. The quantitative estimate of drug-likeness (QED) is 0.767. The molecule has 2 saturated heterocycles. The minimum atomic E-state index is -0.961. The van der Waals surface area contributed by atoms with E-state index >= 15 is 0 Å². The molecule has 2 heterocycles. The second-order valence-corrected chi connectivity index (χ2v) is 8.47. The van der Waals surface area contributed by atoms with Crippen LogP contribution >= 0.6 is 11.8 Å². The summed E-state index contributed by atoms with van der Waals surface area (Å²) < 4.78 is 5.45. The van der Waals surface area contributed by atoms with Crippen LogP contribution in [0.15, 0.2) is 60.7 Å². The number of rotatable bonds is 5. The molecule has 2 aliphatic heterocycles. The SMILES string of the molecule is C[C@@H](OC(=O)[C@H]1CS[C@@]2(c3ccccc3)CCC(=O)N12)C(=O)Nc1ccccc1. The number of benzene rings is 2. The lowest BCUT2D eigenvalue weighted by molar-refractivity contribution is -0.160. The van der Waals surface area contributed by atoms with Gasteiger partial charge < -0.3 is 15.0 Å². The van der Waals surface area contributed by atoms with Crippen LogP contribution in [0.5, 0.6) is 0 Å². The number of thioether (sulfide) groups is 1. The molecular formula is C22H22N2O4S. The van der Waals surface area contributed by atoms with E-state index in [0.717, 1.165) is 5.56 Å². The van der Waals surface area contributed by atoms with E-state index in [4.69, 9.17) is 4.74 Å². The van der Waals surface area contributed by atoms with Gasteiger partial charge in [-0.15, -0.1) is 11.8 Å². The van der Waals surface area contributed by atoms with Crippen LogP contribution in [0.25, 0.3) is 0 Å². The van der Waals surface area contributed by atoms with E-state index in [1.54, 1.807) is 28.8 Å². The Labute approximate surface area is 173 Å². The number of para-hydroxylation sites is 1. The highest BCUT2D eigenvalue weighted by Gasteiger charge is 2.57. The first-order chi connectivity index (χ1) is 14.0. The van der Waals surface area contributed by atoms with E-state index in [1.165, 1.54) is 6.92 Å². The maximum atomic E-state index is 12.9. The summed E-state index contributed by atoms with van der Waals surface area (Å²) in [5.74, 6) is -0.548. The fourth-order valence-electron chi connectivity index (χ4n) is 3.89. The molecule has 7 heteroatoms. The largest absolute Gasteiger partial charge is 0.451 e. The fourth-order valence-corrected chi connectivity index (χ4v) is 5.52. The summed E-state index contributed by atoms with van der Waals surface area (Å²) >= 11 is 1.60. The Kier molecular flexibility index (Phi) is 5.32. The molecular weight excluding hydrogens is 388 g/mol. The Hall–Kier alpha value is -2.80. The zero-order valence-corrected chi connectivity index (χ0v) is 16.9. The Morgan fingerprint density at radius 2 is 1.79 bits per heavy atom. The van der Waals surface area contributed by atoms with Crippen LogP contribution in [0.4, 0.5) is 5.69 Å². The number of nitrogens with zero attached hydrogens (tertiary/aromatic N) is 1. The summed E-state index contributed by atoms with van der Waals surface area (Å²) in [7, 11) is 0. The lowest BCUT2D eigenvalue weighted by Crippen LogP contribution is -2.48. The van der Waals surface area contributed by atoms with Crippen LogP contribution < -0.4 is 5.32 Å². The number of ether oxygens (including phenoxy) is 1. The summed E-state index contributed by atoms with van der Waals surface area (Å²) in [5.41, 5.74) is 1.65. The average Bonchev–Trinajstić information content (AvgIpc) is 3.28. The van der Waals surface area contributed by atoms with Gasteiger partial charge in [-0.2, -0.15) is 0 Å². The van der Waals surface area contributed by atoms with E-state index < -0.39 is 28.9 Å². The second kappa shape index (κ2) is 7.91. The molecule has 6 nitrogen and oxygen atoms in total. The second-order valence-electron chi connectivity index (χ2n) is 7.18. The summed E-state index contributed by atoms with van der Waals surface area (Å²) in [6.07, 6.45) is 0.0986. The molecule has 0 spiro atoms. The molecule has 0 aliphatic carbocycles. The summed E-state index contributed by atoms with van der Waals surface area (Å²) in [6, 6.07) is 18.1. The number of hydrogen-bond acceptors (Lipinski definition) is 5. The van der Waals surface area contributed by atoms with Crippen LogP contribution in [-0.4, -0.2) is 40.6 Å². The van der Waals surface area contributed by atoms with Crippen molar-refractivity contribution in [2.24, 2.45) is 0 Å². The van der Waals surface area contributed by atoms with E-state index in [2.05, 4.69) is 5.32 Å². The van der Waals surface area contributed by atoms with Gasteiger partial charge in [-0.1, -0.05) is 48.5 Å². The number of carbonyl (C=O) groups is 3. The average molecular weight is 410 g/mol. The van der Waals surface area contributed by atoms with Gasteiger partial charge >= 0.3 is 5.97 Å². The molecule has 2 fully saturated rings. The van der Waals surface area contributed by atoms with Gasteiger partial charge in [0, 0.05) is 17.9 Å². The molecule has 0 unspecified atom stereocenters. The van der Waals surface area contributed by atoms with Gasteiger partial charge in [-0.25, -0.2) is 4.79 Å². The highest BCUT2D eigenvalue weighted by molar-refractivity contribution is 8.00. The number of esters is 1. The molecule has 1 N–H and O–H groups in total. The molecule has 2 aromatic carbocycles. The fraction of sp³-hybridized carbons (Fsp3) is 0.318. The van der Waals surface area contributed by atoms with Crippen LogP contribution in [0.2, 0.25) is 0 Å². The zero-order chi connectivity index (χ0) is 20.4. The molecule has 4 rings (SSSR count). The van der Waals surface area contributed by atoms with Crippen LogP contribution in [0.1, 0.15) is 25.3 Å². The molecule has 0 bridgehead atoms. The molecule has 2 amide bonds. The third kappa shape index (κ3) is 3.62. The predicted molar refractivity (Wildman–Crippen MR) is 111 cm³/mol. The van der Waals surface area contributed by atoms with Crippen LogP contribution in [-0.2, 0) is 24.0 Å². The van der Waals surface area contributed by atoms with Gasteiger partial charge in [-0.3, -0.25) is 9.59 Å². The maximum Gasteiger partial charge on any atom is 0.330 e. The minimum Gasteiger partial charge on any atom is -0.451 e. The zero-order valence-electron chi connectivity index (χ0n) is 16.0. The van der Waals surface area contributed by atoms with Crippen molar-refractivity contribution in [3.05, 3.63) is 66.2 Å². The number of nitrogens with one attached hydrogen (secondary N) is 1. The number of hydrogen-bond donors (Lipinski definition) is 1. The van der Waals surface area contributed by atoms with Crippen molar-refractivity contribution in [1.29, 1.82) is 0 Å². The highest BCUT2D eigenvalue weighted by Crippen LogP contribution is 2.54. The highest BCUT2D eigenvalue weighted by atomic mass is 32.2. The van der Waals surface area contributed by atoms with E-state index in [0.29, 0.717) is 24.3 Å². The predicted octanol–water partition coefficient (Wildman–Crippen LogP) is 3.15. The van der Waals surface area contributed by atoms with Gasteiger partial charge in [0.05, 0.1) is 0 Å². The Morgan fingerprint density at radius 3 is 2.48 bits per heavy atom. The molecule has 0 radical (unpaired) electrons. The van der Waals surface area contributed by atoms with Gasteiger partial charge in [0.1, 0.15) is 10.9 Å². The van der Waals surface area contributed by atoms with Crippen molar-refractivity contribution in [2.45, 2.75) is 36.8 Å². The molecule has 0 aromatic heterocycles. The molecule has 2 aromatic rings. The van der Waals surface area contributed by atoms with E-state index in [1.807, 2.05) is 48.5 Å². The first kappa shape index (κ1) is 19.5. The van der Waals surface area contributed by atoms with Gasteiger partial charge in [0.15, 0.2) is 6.10 Å². The molecule has 3 atom stereocenters. The first-order valence-electron chi connectivity index (χ1n) is 9.59. The smallest absolute Gasteiger partial charge is 0.330 e. The maximum absolute atomic E-state index is 12.9. The number of anilines is 1. The lowest BCUT2D eigenvalue weighted by Gasteiger charge is -2.33. The Morgan fingerprint density at radius 1 is 1.14 bits per heavy atom. The Balaban J connectivity index is 1.46. The summed E-state index contributed by atoms with van der Waals surface area (Å²) in [6.45, 7) is 1.54. The van der Waals surface area contributed by atoms with Gasteiger partial charge in [0.2, 0.25) is 5.91 Å². The topological polar surface area (TPSA) is 75.7 Å². The summed E-state index contributed by atoms with van der Waals surface area (Å²) in [5, 5.41) is 2.72. The molecule has 29 heavy (non-hydrogen) atoms. The molecule has 2 aliphatic rings. The third-order valence-electron chi connectivity index (χ3n) is 5.33. The van der Waals surface area contributed by atoms with Crippen molar-refractivity contribution < 1.29 is 19.1 Å². The van der Waals surface area contributed by atoms with Crippen LogP contribution in [0.3, 0.4) is 0 Å². The normalized spacial score (nSPS) is 24.1. The minimum absolute atomic E-state index is 0.0535. The monoisotopic (exact) mass is 410 g/mol. The number of fused-ring (bicyclic) bond motifs is 1. The number of carbonyl (C=O) groups excluding carboxylic acids is 3.